The van der Waals surface area contributed by atoms with Gasteiger partial charge in [0.05, 0.1) is 0 Å². The summed E-state index contributed by atoms with van der Waals surface area (Å²) in [7, 11) is 1.51. The highest BCUT2D eigenvalue weighted by molar-refractivity contribution is 5.93. The fourth-order valence-electron chi connectivity index (χ4n) is 1.54. The average molecular weight is 285 g/mol. The second-order valence-corrected chi connectivity index (χ2v) is 3.97. The molecule has 5 nitrogen and oxygen atoms in total. The van der Waals surface area contributed by atoms with Crippen LogP contribution in [0.4, 0.5) is 13.2 Å². The largest absolute Gasteiger partial charge is 0.471 e. The third kappa shape index (κ3) is 3.14. The normalized spacial score (nSPS) is 11.4. The molecule has 0 saturated carbocycles. The number of nitrogens with zero attached hydrogens (tertiary/aromatic N) is 2. The maximum absolute atomic E-state index is 12.3. The van der Waals surface area contributed by atoms with Gasteiger partial charge in [-0.25, -0.2) is 0 Å². The van der Waals surface area contributed by atoms with Crippen molar-refractivity contribution in [3.8, 4) is 0 Å². The van der Waals surface area contributed by atoms with Crippen LogP contribution < -0.4 is 5.32 Å². The summed E-state index contributed by atoms with van der Waals surface area (Å²) in [5, 5.41) is 5.73. The van der Waals surface area contributed by atoms with Crippen LogP contribution >= 0.6 is 0 Å². The predicted molar refractivity (Wildman–Crippen MR) is 61.9 cm³/mol. The summed E-state index contributed by atoms with van der Waals surface area (Å²) < 4.78 is 41.0. The lowest BCUT2D eigenvalue weighted by Crippen LogP contribution is -2.17. The molecule has 0 aliphatic carbocycles. The fraction of sp³-hybridized carbons (Fsp3) is 0.250. The lowest BCUT2D eigenvalue weighted by molar-refractivity contribution is -0.159. The third-order valence-electron chi connectivity index (χ3n) is 2.52. The van der Waals surface area contributed by atoms with Crippen molar-refractivity contribution in [2.24, 2.45) is 0 Å². The predicted octanol–water partition coefficient (Wildman–Crippen LogP) is 2.04. The highest BCUT2D eigenvalue weighted by Crippen LogP contribution is 2.27. The van der Waals surface area contributed by atoms with Gasteiger partial charge in [0.2, 0.25) is 0 Å². The minimum atomic E-state index is -4.64. The zero-order valence-corrected chi connectivity index (χ0v) is 10.4. The van der Waals surface area contributed by atoms with E-state index in [0.717, 1.165) is 0 Å². The Morgan fingerprint density at radius 2 is 1.95 bits per heavy atom. The number of amides is 1. The molecule has 106 valence electrons. The molecule has 1 aromatic carbocycles. The Bertz CT molecular complexity index is 605. The standard InChI is InChI=1S/C12H10F3N3O2/c1-16-10(19)8-4-2-7(3-5-8)6-9-17-11(20-18-9)12(13,14)15/h2-5H,6H2,1H3,(H,16,19). The number of rotatable bonds is 3. The highest BCUT2D eigenvalue weighted by atomic mass is 19.4. The number of hydrogen-bond acceptors (Lipinski definition) is 4. The van der Waals surface area contributed by atoms with E-state index in [1.165, 1.54) is 7.05 Å². The molecule has 0 aliphatic heterocycles. The number of alkyl halides is 3. The van der Waals surface area contributed by atoms with Crippen molar-refractivity contribution < 1.29 is 22.5 Å². The van der Waals surface area contributed by atoms with Gasteiger partial charge in [0, 0.05) is 19.0 Å². The number of halogens is 3. The Kier molecular flexibility index (Phi) is 3.73. The molecule has 0 radical (unpaired) electrons. The average Bonchev–Trinajstić information content (AvgIpc) is 2.87. The minimum absolute atomic E-state index is 0.0648. The van der Waals surface area contributed by atoms with Gasteiger partial charge in [-0.1, -0.05) is 17.3 Å². The zero-order valence-electron chi connectivity index (χ0n) is 10.4. The van der Waals surface area contributed by atoms with E-state index in [2.05, 4.69) is 20.0 Å². The van der Waals surface area contributed by atoms with Gasteiger partial charge in [0.1, 0.15) is 0 Å². The van der Waals surface area contributed by atoms with Gasteiger partial charge in [-0.05, 0) is 17.7 Å². The summed E-state index contributed by atoms with van der Waals surface area (Å²) in [6, 6.07) is 6.38. The zero-order chi connectivity index (χ0) is 14.8. The molecule has 0 aliphatic rings. The second kappa shape index (κ2) is 5.32. The van der Waals surface area contributed by atoms with Gasteiger partial charge in [-0.3, -0.25) is 4.79 Å². The molecule has 1 amide bonds. The van der Waals surface area contributed by atoms with E-state index in [1.807, 2.05) is 0 Å². The van der Waals surface area contributed by atoms with Crippen LogP contribution in [0.1, 0.15) is 27.6 Å². The number of hydrogen-bond donors (Lipinski definition) is 1. The Balaban J connectivity index is 2.10. The summed E-state index contributed by atoms with van der Waals surface area (Å²) in [4.78, 5) is 14.6. The number of nitrogens with one attached hydrogen (secondary N) is 1. The fourth-order valence-corrected chi connectivity index (χ4v) is 1.54. The first kappa shape index (κ1) is 14.0. The topological polar surface area (TPSA) is 68.0 Å². The van der Waals surface area contributed by atoms with E-state index in [9.17, 15) is 18.0 Å². The number of benzene rings is 1. The third-order valence-corrected chi connectivity index (χ3v) is 2.52. The Morgan fingerprint density at radius 1 is 1.30 bits per heavy atom. The molecular weight excluding hydrogens is 275 g/mol. The van der Waals surface area contributed by atoms with E-state index in [4.69, 9.17) is 0 Å². The molecule has 2 aromatic rings. The number of aromatic nitrogens is 2. The van der Waals surface area contributed by atoms with Gasteiger partial charge >= 0.3 is 12.1 Å². The van der Waals surface area contributed by atoms with Crippen molar-refractivity contribution in [2.75, 3.05) is 7.05 Å². The van der Waals surface area contributed by atoms with Crippen LogP contribution in [0.5, 0.6) is 0 Å². The first-order valence-corrected chi connectivity index (χ1v) is 5.61. The van der Waals surface area contributed by atoms with Crippen LogP contribution in [0.15, 0.2) is 28.8 Å². The van der Waals surface area contributed by atoms with Gasteiger partial charge in [0.15, 0.2) is 5.82 Å². The Hall–Kier alpha value is -2.38. The lowest BCUT2D eigenvalue weighted by atomic mass is 10.1. The molecule has 2 rings (SSSR count). The summed E-state index contributed by atoms with van der Waals surface area (Å²) in [5.41, 5.74) is 1.13. The lowest BCUT2D eigenvalue weighted by Gasteiger charge is -2.01. The van der Waals surface area contributed by atoms with Crippen molar-refractivity contribution in [1.82, 2.24) is 15.5 Å². The monoisotopic (exact) mass is 285 g/mol. The van der Waals surface area contributed by atoms with Gasteiger partial charge in [-0.2, -0.15) is 18.2 Å². The van der Waals surface area contributed by atoms with Crippen molar-refractivity contribution in [3.05, 3.63) is 47.1 Å². The Morgan fingerprint density at radius 3 is 2.45 bits per heavy atom. The maximum Gasteiger partial charge on any atom is 0.471 e. The van der Waals surface area contributed by atoms with Crippen LogP contribution in [0.3, 0.4) is 0 Å². The first-order valence-electron chi connectivity index (χ1n) is 5.61. The van der Waals surface area contributed by atoms with Crippen LogP contribution in [0.2, 0.25) is 0 Å². The van der Waals surface area contributed by atoms with Crippen LogP contribution in [0.25, 0.3) is 0 Å². The SMILES string of the molecule is CNC(=O)c1ccc(Cc2noc(C(F)(F)F)n2)cc1. The van der Waals surface area contributed by atoms with E-state index >= 15 is 0 Å². The molecule has 0 saturated heterocycles. The minimum Gasteiger partial charge on any atom is -0.355 e. The molecule has 8 heteroatoms. The molecule has 1 heterocycles. The van der Waals surface area contributed by atoms with Gasteiger partial charge in [-0.15, -0.1) is 0 Å². The molecule has 0 unspecified atom stereocenters. The Labute approximate surface area is 111 Å². The van der Waals surface area contributed by atoms with Crippen molar-refractivity contribution in [1.29, 1.82) is 0 Å². The number of carbonyl (C=O) groups is 1. The summed E-state index contributed by atoms with van der Waals surface area (Å²) in [6.45, 7) is 0. The first-order chi connectivity index (χ1) is 9.40. The molecule has 0 spiro atoms. The van der Waals surface area contributed by atoms with Crippen molar-refractivity contribution >= 4 is 5.91 Å². The molecule has 0 fully saturated rings. The van der Waals surface area contributed by atoms with Gasteiger partial charge in [0.25, 0.3) is 5.91 Å². The molecule has 1 aromatic heterocycles. The maximum atomic E-state index is 12.3. The summed E-state index contributed by atoms with van der Waals surface area (Å²) in [6.07, 6.45) is -4.55. The van der Waals surface area contributed by atoms with E-state index < -0.39 is 12.1 Å². The van der Waals surface area contributed by atoms with Gasteiger partial charge < -0.3 is 9.84 Å². The van der Waals surface area contributed by atoms with E-state index in [-0.39, 0.29) is 18.2 Å². The highest BCUT2D eigenvalue weighted by Gasteiger charge is 2.38. The van der Waals surface area contributed by atoms with E-state index in [0.29, 0.717) is 11.1 Å². The second-order valence-electron chi connectivity index (χ2n) is 3.97. The van der Waals surface area contributed by atoms with Crippen LogP contribution in [-0.2, 0) is 12.6 Å². The van der Waals surface area contributed by atoms with Crippen molar-refractivity contribution in [3.63, 3.8) is 0 Å². The molecule has 20 heavy (non-hydrogen) atoms. The molecular formula is C12H10F3N3O2. The molecule has 0 atom stereocenters. The number of carbonyl (C=O) groups excluding carboxylic acids is 1. The van der Waals surface area contributed by atoms with Crippen LogP contribution in [-0.4, -0.2) is 23.1 Å². The van der Waals surface area contributed by atoms with E-state index in [1.54, 1.807) is 24.3 Å². The quantitative estimate of drug-likeness (QED) is 0.937. The summed E-state index contributed by atoms with van der Waals surface area (Å²) >= 11 is 0. The van der Waals surface area contributed by atoms with Crippen molar-refractivity contribution in [2.45, 2.75) is 12.6 Å². The molecule has 1 N–H and O–H groups in total. The molecule has 0 bridgehead atoms. The smallest absolute Gasteiger partial charge is 0.355 e. The summed E-state index contributed by atoms with van der Waals surface area (Å²) in [5.74, 6) is -1.67. The van der Waals surface area contributed by atoms with Crippen LogP contribution in [0, 0.1) is 0 Å².